The molecule has 1 unspecified atom stereocenters. The van der Waals surface area contributed by atoms with Gasteiger partial charge in [0.2, 0.25) is 17.4 Å². The molecule has 4 aromatic rings. The number of aromatic nitrogens is 3. The topological polar surface area (TPSA) is 103 Å². The van der Waals surface area contributed by atoms with Gasteiger partial charge in [-0.3, -0.25) is 14.4 Å². The fourth-order valence-corrected chi connectivity index (χ4v) is 4.86. The van der Waals surface area contributed by atoms with Gasteiger partial charge in [0, 0.05) is 48.6 Å². The molecule has 0 bridgehead atoms. The lowest BCUT2D eigenvalue weighted by Gasteiger charge is -2.30. The van der Waals surface area contributed by atoms with Crippen molar-refractivity contribution < 1.29 is 14.0 Å². The molecule has 2 aromatic carbocycles. The van der Waals surface area contributed by atoms with Crippen LogP contribution >= 0.6 is 0 Å². The number of halogens is 1. The van der Waals surface area contributed by atoms with E-state index in [1.54, 1.807) is 54.1 Å². The summed E-state index contributed by atoms with van der Waals surface area (Å²) in [6.07, 6.45) is 3.55. The van der Waals surface area contributed by atoms with Gasteiger partial charge < -0.3 is 15.2 Å². The summed E-state index contributed by atoms with van der Waals surface area (Å²) in [5.41, 5.74) is 8.40. The van der Waals surface area contributed by atoms with Crippen LogP contribution in [0.2, 0.25) is 0 Å². The van der Waals surface area contributed by atoms with Crippen LogP contribution in [0.3, 0.4) is 0 Å². The van der Waals surface area contributed by atoms with Crippen LogP contribution in [-0.2, 0) is 16.6 Å². The third kappa shape index (κ3) is 3.88. The number of benzene rings is 2. The number of carbonyl (C=O) groups excluding carboxylic acids is 2. The number of aryl methyl sites for hydroxylation is 1. The van der Waals surface area contributed by atoms with Crippen molar-refractivity contribution in [1.82, 2.24) is 14.3 Å². The van der Waals surface area contributed by atoms with E-state index in [0.717, 1.165) is 22.2 Å². The number of amides is 2. The highest BCUT2D eigenvalue weighted by Gasteiger charge is 2.45. The quantitative estimate of drug-likeness (QED) is 0.481. The predicted octanol–water partition coefficient (Wildman–Crippen LogP) is 3.08. The Morgan fingerprint density at radius 1 is 1.09 bits per heavy atom. The van der Waals surface area contributed by atoms with Crippen LogP contribution in [0.5, 0.6) is 0 Å². The van der Waals surface area contributed by atoms with Crippen LogP contribution in [-0.4, -0.2) is 26.2 Å². The summed E-state index contributed by atoms with van der Waals surface area (Å²) in [5.74, 6) is -1.89. The Morgan fingerprint density at radius 3 is 2.49 bits per heavy atom. The number of carbonyl (C=O) groups is 2. The Morgan fingerprint density at radius 2 is 1.80 bits per heavy atom. The van der Waals surface area contributed by atoms with E-state index in [0.29, 0.717) is 5.69 Å². The van der Waals surface area contributed by atoms with E-state index in [1.807, 2.05) is 18.2 Å². The molecule has 0 radical (unpaired) electrons. The summed E-state index contributed by atoms with van der Waals surface area (Å²) in [4.78, 5) is 38.7. The molecule has 178 valence electrons. The average Bonchev–Trinajstić information content (AvgIpc) is 3.41. The second-order valence-corrected chi connectivity index (χ2v) is 8.96. The molecule has 0 spiro atoms. The number of primary amides is 1. The van der Waals surface area contributed by atoms with Crippen molar-refractivity contribution in [2.24, 2.45) is 24.6 Å². The second kappa shape index (κ2) is 8.50. The number of rotatable bonds is 5. The number of hydrogen-bond donors (Lipinski definition) is 1. The molecule has 9 heteroatoms. The van der Waals surface area contributed by atoms with Gasteiger partial charge >= 0.3 is 0 Å². The monoisotopic (exact) mass is 473 g/mol. The zero-order chi connectivity index (χ0) is 24.9. The number of nitrogens with two attached hydrogens (primary N) is 1. The summed E-state index contributed by atoms with van der Waals surface area (Å²) in [6, 6.07) is 14.3. The largest absolute Gasteiger partial charge is 0.369 e. The van der Waals surface area contributed by atoms with Crippen LogP contribution in [0.4, 0.5) is 10.1 Å². The van der Waals surface area contributed by atoms with Crippen LogP contribution in [0.15, 0.2) is 71.8 Å². The van der Waals surface area contributed by atoms with Crippen molar-refractivity contribution in [3.63, 3.8) is 0 Å². The highest BCUT2D eigenvalue weighted by Crippen LogP contribution is 2.45. The van der Waals surface area contributed by atoms with Gasteiger partial charge in [-0.25, -0.2) is 9.07 Å². The molecule has 1 aliphatic heterocycles. The summed E-state index contributed by atoms with van der Waals surface area (Å²) >= 11 is 0. The molecule has 1 fully saturated rings. The van der Waals surface area contributed by atoms with E-state index in [9.17, 15) is 18.8 Å². The molecule has 2 amide bonds. The molecule has 0 aliphatic carbocycles. The van der Waals surface area contributed by atoms with Gasteiger partial charge in [-0.15, -0.1) is 0 Å². The Kier molecular flexibility index (Phi) is 5.47. The third-order valence-corrected chi connectivity index (χ3v) is 6.81. The smallest absolute Gasteiger partial charge is 0.250 e. The zero-order valence-corrected chi connectivity index (χ0v) is 19.3. The van der Waals surface area contributed by atoms with Crippen LogP contribution in [0.1, 0.15) is 24.9 Å². The standard InChI is InChI=1S/C26H24FN5O3/c1-15(26(28)35)21-12-24(34)31(25(21)16-3-5-18(27)6-4-16)19-7-9-22-17(11-19)13-29-32(22)20-8-10-23(33)30(2)14-20/h3-11,13-15,21,25H,12H2,1-2H3,(H2,28,35)/t15?,21-,25-/m0/s1. The molecule has 8 nitrogen and oxygen atoms in total. The Balaban J connectivity index is 1.59. The lowest BCUT2D eigenvalue weighted by Crippen LogP contribution is -2.33. The normalized spacial score (nSPS) is 18.8. The first-order valence-electron chi connectivity index (χ1n) is 11.3. The molecule has 5 rings (SSSR count). The predicted molar refractivity (Wildman–Crippen MR) is 129 cm³/mol. The SMILES string of the molecule is CC(C(N)=O)[C@@H]1CC(=O)N(c2ccc3c(cnn3-c3ccc(=O)n(C)c3)c2)[C@H]1c1ccc(F)cc1. The minimum atomic E-state index is -0.546. The molecule has 2 N–H and O–H groups in total. The van der Waals surface area contributed by atoms with E-state index >= 15 is 0 Å². The van der Waals surface area contributed by atoms with Crippen molar-refractivity contribution in [2.45, 2.75) is 19.4 Å². The van der Waals surface area contributed by atoms with E-state index < -0.39 is 17.9 Å². The van der Waals surface area contributed by atoms with E-state index in [-0.39, 0.29) is 29.6 Å². The first-order chi connectivity index (χ1) is 16.7. The first kappa shape index (κ1) is 22.5. The molecule has 2 aromatic heterocycles. The third-order valence-electron chi connectivity index (χ3n) is 6.81. The van der Waals surface area contributed by atoms with Gasteiger partial charge in [-0.1, -0.05) is 19.1 Å². The van der Waals surface area contributed by atoms with Gasteiger partial charge in [0.05, 0.1) is 23.4 Å². The Bertz CT molecular complexity index is 1510. The summed E-state index contributed by atoms with van der Waals surface area (Å²) in [5, 5.41) is 5.27. The fraction of sp³-hybridized carbons (Fsp3) is 0.231. The maximum Gasteiger partial charge on any atom is 0.250 e. The van der Waals surface area contributed by atoms with Gasteiger partial charge in [0.15, 0.2) is 0 Å². The summed E-state index contributed by atoms with van der Waals surface area (Å²) < 4.78 is 16.8. The van der Waals surface area contributed by atoms with Crippen LogP contribution in [0.25, 0.3) is 16.6 Å². The van der Waals surface area contributed by atoms with Gasteiger partial charge in [0.1, 0.15) is 5.82 Å². The molecule has 3 atom stereocenters. The first-order valence-corrected chi connectivity index (χ1v) is 11.3. The van der Waals surface area contributed by atoms with Crippen LogP contribution < -0.4 is 16.2 Å². The maximum absolute atomic E-state index is 13.6. The minimum absolute atomic E-state index is 0.119. The molecule has 3 heterocycles. The zero-order valence-electron chi connectivity index (χ0n) is 19.3. The van der Waals surface area contributed by atoms with Crippen LogP contribution in [0, 0.1) is 17.7 Å². The highest BCUT2D eigenvalue weighted by atomic mass is 19.1. The van der Waals surface area contributed by atoms with Crippen molar-refractivity contribution in [3.8, 4) is 5.69 Å². The number of fused-ring (bicyclic) bond motifs is 1. The van der Waals surface area contributed by atoms with Gasteiger partial charge in [0.25, 0.3) is 0 Å². The number of pyridine rings is 1. The minimum Gasteiger partial charge on any atom is -0.369 e. The average molecular weight is 474 g/mol. The Labute approximate surface area is 200 Å². The van der Waals surface area contributed by atoms with Crippen molar-refractivity contribution >= 4 is 28.4 Å². The molecule has 0 saturated carbocycles. The fourth-order valence-electron chi connectivity index (χ4n) is 4.86. The van der Waals surface area contributed by atoms with Crippen molar-refractivity contribution in [3.05, 3.63) is 88.7 Å². The number of nitrogens with zero attached hydrogens (tertiary/aromatic N) is 4. The molecule has 35 heavy (non-hydrogen) atoms. The van der Waals surface area contributed by atoms with Gasteiger partial charge in [-0.2, -0.15) is 5.10 Å². The number of hydrogen-bond acceptors (Lipinski definition) is 4. The van der Waals surface area contributed by atoms with Crippen molar-refractivity contribution in [1.29, 1.82) is 0 Å². The molecular weight excluding hydrogens is 449 g/mol. The lowest BCUT2D eigenvalue weighted by molar-refractivity contribution is -0.123. The summed E-state index contributed by atoms with van der Waals surface area (Å²) in [6.45, 7) is 1.72. The van der Waals surface area contributed by atoms with E-state index in [2.05, 4.69) is 5.10 Å². The number of anilines is 1. The van der Waals surface area contributed by atoms with Gasteiger partial charge in [-0.05, 0) is 42.0 Å². The van der Waals surface area contributed by atoms with E-state index in [1.165, 1.54) is 22.8 Å². The molecule has 1 saturated heterocycles. The highest BCUT2D eigenvalue weighted by molar-refractivity contribution is 5.99. The lowest BCUT2D eigenvalue weighted by atomic mass is 9.83. The summed E-state index contributed by atoms with van der Waals surface area (Å²) in [7, 11) is 1.67. The maximum atomic E-state index is 13.6. The molecular formula is C26H24FN5O3. The second-order valence-electron chi connectivity index (χ2n) is 8.96. The Hall–Kier alpha value is -4.27. The van der Waals surface area contributed by atoms with E-state index in [4.69, 9.17) is 5.73 Å². The molecule has 1 aliphatic rings. The van der Waals surface area contributed by atoms with Crippen molar-refractivity contribution in [2.75, 3.05) is 4.90 Å².